The molecule has 1 heterocycles. The molecule has 0 aliphatic carbocycles. The van der Waals surface area contributed by atoms with Crippen LogP contribution in [0.5, 0.6) is 5.75 Å². The van der Waals surface area contributed by atoms with Crippen molar-refractivity contribution >= 4 is 31.7 Å². The number of carbonyl (C=O) groups excluding carboxylic acids is 1. The lowest BCUT2D eigenvalue weighted by atomic mass is 10.2. The number of ether oxygens (including phenoxy) is 1. The van der Waals surface area contributed by atoms with Crippen LogP contribution in [-0.2, 0) is 14.6 Å². The van der Waals surface area contributed by atoms with Gasteiger partial charge in [-0.15, -0.1) is 0 Å². The van der Waals surface area contributed by atoms with Gasteiger partial charge in [0.2, 0.25) is 0 Å². The van der Waals surface area contributed by atoms with Crippen molar-refractivity contribution < 1.29 is 22.3 Å². The molecule has 0 spiro atoms. The first-order valence-corrected chi connectivity index (χ1v) is 10.8. The van der Waals surface area contributed by atoms with Gasteiger partial charge in [0.25, 0.3) is 5.91 Å². The molecule has 0 saturated carbocycles. The third-order valence-corrected chi connectivity index (χ3v) is 5.55. The van der Waals surface area contributed by atoms with E-state index in [0.29, 0.717) is 42.9 Å². The first-order chi connectivity index (χ1) is 11.7. The summed E-state index contributed by atoms with van der Waals surface area (Å²) in [4.78, 5) is 16.2. The number of halogens is 2. The van der Waals surface area contributed by atoms with Crippen LogP contribution in [0.2, 0.25) is 0 Å². The van der Waals surface area contributed by atoms with Gasteiger partial charge in [-0.25, -0.2) is 12.8 Å². The van der Waals surface area contributed by atoms with Crippen LogP contribution in [0.25, 0.3) is 0 Å². The Labute approximate surface area is 156 Å². The van der Waals surface area contributed by atoms with E-state index in [1.165, 1.54) is 24.5 Å². The number of nitrogens with zero attached hydrogens (tertiary/aromatic N) is 2. The molecule has 1 fully saturated rings. The Bertz CT molecular complexity index is 721. The maximum absolute atomic E-state index is 13.1. The minimum atomic E-state index is -2.98. The standard InChI is InChI=1S/C16H22BrFN2O4S/c1-12(24-15-4-3-13(18)11-14(15)17)16(21)20-7-5-19(6-8-20)9-10-25(2,22)23/h3-4,11-12H,5-10H2,1-2H3. The molecule has 0 bridgehead atoms. The maximum atomic E-state index is 13.1. The van der Waals surface area contributed by atoms with E-state index in [9.17, 15) is 17.6 Å². The van der Waals surface area contributed by atoms with Crippen molar-refractivity contribution in [1.82, 2.24) is 9.80 Å². The summed E-state index contributed by atoms with van der Waals surface area (Å²) in [6.45, 7) is 4.47. The third kappa shape index (κ3) is 6.23. The maximum Gasteiger partial charge on any atom is 0.263 e. The highest BCUT2D eigenvalue weighted by Crippen LogP contribution is 2.26. The molecule has 9 heteroatoms. The topological polar surface area (TPSA) is 66.9 Å². The number of benzene rings is 1. The summed E-state index contributed by atoms with van der Waals surface area (Å²) in [5.41, 5.74) is 0. The van der Waals surface area contributed by atoms with E-state index < -0.39 is 15.9 Å². The lowest BCUT2D eigenvalue weighted by Gasteiger charge is -2.35. The van der Waals surface area contributed by atoms with E-state index in [4.69, 9.17) is 4.74 Å². The number of hydrogen-bond donors (Lipinski definition) is 0. The molecule has 1 aliphatic heterocycles. The van der Waals surface area contributed by atoms with Crippen LogP contribution in [0.4, 0.5) is 4.39 Å². The molecule has 0 N–H and O–H groups in total. The van der Waals surface area contributed by atoms with Gasteiger partial charge in [-0.2, -0.15) is 0 Å². The van der Waals surface area contributed by atoms with Crippen LogP contribution in [0.15, 0.2) is 22.7 Å². The molecule has 0 radical (unpaired) electrons. The van der Waals surface area contributed by atoms with Crippen molar-refractivity contribution in [2.24, 2.45) is 0 Å². The van der Waals surface area contributed by atoms with Crippen molar-refractivity contribution in [1.29, 1.82) is 0 Å². The molecule has 1 unspecified atom stereocenters. The van der Waals surface area contributed by atoms with Crippen molar-refractivity contribution in [3.05, 3.63) is 28.5 Å². The van der Waals surface area contributed by atoms with Crippen LogP contribution in [-0.4, -0.2) is 75.0 Å². The third-order valence-electron chi connectivity index (χ3n) is 4.01. The minimum Gasteiger partial charge on any atom is -0.480 e. The molecule has 1 amide bonds. The highest BCUT2D eigenvalue weighted by atomic mass is 79.9. The molecule has 2 rings (SSSR count). The van der Waals surface area contributed by atoms with Gasteiger partial charge in [0.05, 0.1) is 10.2 Å². The van der Waals surface area contributed by atoms with Crippen LogP contribution in [0.3, 0.4) is 0 Å². The Kier molecular flexibility index (Phi) is 6.81. The van der Waals surface area contributed by atoms with E-state index in [0.717, 1.165) is 0 Å². The molecule has 1 saturated heterocycles. The van der Waals surface area contributed by atoms with Gasteiger partial charge < -0.3 is 9.64 Å². The summed E-state index contributed by atoms with van der Waals surface area (Å²) in [5.74, 6) is 0.00966. The average Bonchev–Trinajstić information content (AvgIpc) is 2.54. The molecule has 1 atom stereocenters. The highest BCUT2D eigenvalue weighted by Gasteiger charge is 2.26. The molecule has 6 nitrogen and oxygen atoms in total. The van der Waals surface area contributed by atoms with Crippen LogP contribution < -0.4 is 4.74 Å². The van der Waals surface area contributed by atoms with E-state index in [-0.39, 0.29) is 17.5 Å². The first-order valence-electron chi connectivity index (χ1n) is 7.96. The lowest BCUT2D eigenvalue weighted by molar-refractivity contribution is -0.139. The lowest BCUT2D eigenvalue weighted by Crippen LogP contribution is -2.52. The Morgan fingerprint density at radius 2 is 1.96 bits per heavy atom. The van der Waals surface area contributed by atoms with Gasteiger partial charge in [-0.1, -0.05) is 0 Å². The second-order valence-corrected chi connectivity index (χ2v) is 9.25. The fourth-order valence-electron chi connectivity index (χ4n) is 2.56. The molecule has 1 aromatic rings. The van der Waals surface area contributed by atoms with Crippen LogP contribution >= 0.6 is 15.9 Å². The zero-order chi connectivity index (χ0) is 18.6. The van der Waals surface area contributed by atoms with E-state index in [2.05, 4.69) is 15.9 Å². The number of hydrogen-bond acceptors (Lipinski definition) is 5. The molecular formula is C16H22BrFN2O4S. The van der Waals surface area contributed by atoms with Gasteiger partial charge in [0.1, 0.15) is 21.4 Å². The van der Waals surface area contributed by atoms with Crippen molar-refractivity contribution in [2.45, 2.75) is 13.0 Å². The number of carbonyl (C=O) groups is 1. The molecular weight excluding hydrogens is 415 g/mol. The average molecular weight is 437 g/mol. The minimum absolute atomic E-state index is 0.124. The number of sulfone groups is 1. The number of piperazine rings is 1. The zero-order valence-corrected chi connectivity index (χ0v) is 16.6. The van der Waals surface area contributed by atoms with E-state index in [1.807, 2.05) is 4.90 Å². The number of amides is 1. The molecule has 0 aromatic heterocycles. The van der Waals surface area contributed by atoms with Crippen molar-refractivity contribution in [2.75, 3.05) is 44.7 Å². The molecule has 25 heavy (non-hydrogen) atoms. The highest BCUT2D eigenvalue weighted by molar-refractivity contribution is 9.10. The fourth-order valence-corrected chi connectivity index (χ4v) is 3.59. The summed E-state index contributed by atoms with van der Waals surface area (Å²) in [5, 5.41) is 0. The number of rotatable bonds is 6. The summed E-state index contributed by atoms with van der Waals surface area (Å²) in [6.07, 6.45) is 0.531. The van der Waals surface area contributed by atoms with Crippen molar-refractivity contribution in [3.8, 4) is 5.75 Å². The second kappa shape index (κ2) is 8.46. The van der Waals surface area contributed by atoms with Gasteiger partial charge >= 0.3 is 0 Å². The van der Waals surface area contributed by atoms with Gasteiger partial charge in [-0.05, 0) is 41.1 Å². The van der Waals surface area contributed by atoms with Gasteiger partial charge in [0.15, 0.2) is 6.10 Å². The fraction of sp³-hybridized carbons (Fsp3) is 0.562. The Morgan fingerprint density at radius 3 is 2.52 bits per heavy atom. The van der Waals surface area contributed by atoms with Gasteiger partial charge in [-0.3, -0.25) is 9.69 Å². The Balaban J connectivity index is 1.85. The summed E-state index contributed by atoms with van der Waals surface area (Å²) < 4.78 is 41.6. The van der Waals surface area contributed by atoms with E-state index >= 15 is 0 Å². The predicted molar refractivity (Wildman–Crippen MR) is 96.9 cm³/mol. The Morgan fingerprint density at radius 1 is 1.32 bits per heavy atom. The molecule has 1 aromatic carbocycles. The summed E-state index contributed by atoms with van der Waals surface area (Å²) >= 11 is 3.22. The predicted octanol–water partition coefficient (Wildman–Crippen LogP) is 1.54. The monoisotopic (exact) mass is 436 g/mol. The van der Waals surface area contributed by atoms with Gasteiger partial charge in [0, 0.05) is 39.0 Å². The first kappa shape index (κ1) is 20.1. The van der Waals surface area contributed by atoms with E-state index in [1.54, 1.807) is 11.8 Å². The summed E-state index contributed by atoms with van der Waals surface area (Å²) in [7, 11) is -2.98. The quantitative estimate of drug-likeness (QED) is 0.676. The zero-order valence-electron chi connectivity index (χ0n) is 14.2. The SMILES string of the molecule is CC(Oc1ccc(F)cc1Br)C(=O)N1CCN(CCS(C)(=O)=O)CC1. The van der Waals surface area contributed by atoms with Crippen LogP contribution in [0.1, 0.15) is 6.92 Å². The molecule has 1 aliphatic rings. The Hall–Kier alpha value is -1.19. The van der Waals surface area contributed by atoms with Crippen molar-refractivity contribution in [3.63, 3.8) is 0 Å². The normalized spacial score (nSPS) is 17.4. The molecule has 140 valence electrons. The second-order valence-electron chi connectivity index (χ2n) is 6.13. The smallest absolute Gasteiger partial charge is 0.263 e. The largest absolute Gasteiger partial charge is 0.480 e. The summed E-state index contributed by atoms with van der Waals surface area (Å²) in [6, 6.07) is 4.04. The van der Waals surface area contributed by atoms with Crippen LogP contribution in [0, 0.1) is 5.82 Å².